The predicted octanol–water partition coefficient (Wildman–Crippen LogP) is 5.12. The van der Waals surface area contributed by atoms with Gasteiger partial charge >= 0.3 is 6.09 Å². The van der Waals surface area contributed by atoms with Gasteiger partial charge in [0.15, 0.2) is 0 Å². The zero-order valence-corrected chi connectivity index (χ0v) is 22.9. The minimum Gasteiger partial charge on any atom is -0.444 e. The highest BCUT2D eigenvalue weighted by Gasteiger charge is 2.56. The summed E-state index contributed by atoms with van der Waals surface area (Å²) in [6, 6.07) is 9.83. The smallest absolute Gasteiger partial charge is 0.407 e. The maximum absolute atomic E-state index is 13.2. The van der Waals surface area contributed by atoms with Crippen molar-refractivity contribution in [2.75, 3.05) is 22.1 Å². The molecule has 1 saturated heterocycles. The van der Waals surface area contributed by atoms with Crippen LogP contribution in [0.2, 0.25) is 0 Å². The third kappa shape index (κ3) is 6.08. The van der Waals surface area contributed by atoms with Crippen LogP contribution in [0.3, 0.4) is 0 Å². The molecule has 0 bridgehead atoms. The summed E-state index contributed by atoms with van der Waals surface area (Å²) in [5.41, 5.74) is 0.182. The maximum atomic E-state index is 13.2. The summed E-state index contributed by atoms with van der Waals surface area (Å²) >= 11 is 0. The molecule has 2 aliphatic carbocycles. The van der Waals surface area contributed by atoms with Crippen LogP contribution >= 0.6 is 0 Å². The molecule has 10 nitrogen and oxygen atoms in total. The second-order valence-corrected chi connectivity index (χ2v) is 11.8. The molecule has 0 radical (unpaired) electrons. The minimum absolute atomic E-state index is 0.0219. The highest BCUT2D eigenvalue weighted by molar-refractivity contribution is 6.02. The van der Waals surface area contributed by atoms with Crippen molar-refractivity contribution in [2.24, 2.45) is 11.3 Å². The molecule has 39 heavy (non-hydrogen) atoms. The Labute approximate surface area is 229 Å². The van der Waals surface area contributed by atoms with Gasteiger partial charge in [-0.2, -0.15) is 5.26 Å². The Morgan fingerprint density at radius 1 is 1.10 bits per heavy atom. The fraction of sp³-hybridized carbons (Fsp3) is 0.552. The van der Waals surface area contributed by atoms with Gasteiger partial charge in [0.05, 0.1) is 24.0 Å². The Kier molecular flexibility index (Phi) is 7.34. The molecule has 3 heterocycles. The van der Waals surface area contributed by atoms with Crippen LogP contribution in [-0.2, 0) is 9.53 Å². The number of nitrogens with one attached hydrogen (secondary N) is 3. The Morgan fingerprint density at radius 2 is 1.87 bits per heavy atom. The van der Waals surface area contributed by atoms with Gasteiger partial charge in [-0.05, 0) is 77.0 Å². The summed E-state index contributed by atoms with van der Waals surface area (Å²) in [5, 5.41) is 19.5. The lowest BCUT2D eigenvalue weighted by atomic mass is 9.83. The van der Waals surface area contributed by atoms with Crippen molar-refractivity contribution in [3.63, 3.8) is 0 Å². The molecule has 206 valence electrons. The fourth-order valence-corrected chi connectivity index (χ4v) is 5.62. The van der Waals surface area contributed by atoms with E-state index in [1.54, 1.807) is 23.4 Å². The van der Waals surface area contributed by atoms with Crippen LogP contribution in [0.5, 0.6) is 0 Å². The molecule has 10 heteroatoms. The van der Waals surface area contributed by atoms with E-state index in [2.05, 4.69) is 32.0 Å². The molecule has 1 aliphatic heterocycles. The van der Waals surface area contributed by atoms with E-state index < -0.39 is 17.1 Å². The molecular weight excluding hydrogens is 494 g/mol. The van der Waals surface area contributed by atoms with Crippen molar-refractivity contribution >= 4 is 35.0 Å². The molecule has 0 aromatic carbocycles. The van der Waals surface area contributed by atoms with Gasteiger partial charge in [0.2, 0.25) is 5.91 Å². The van der Waals surface area contributed by atoms with Gasteiger partial charge in [-0.1, -0.05) is 12.8 Å². The predicted molar refractivity (Wildman–Crippen MR) is 149 cm³/mol. The van der Waals surface area contributed by atoms with Gasteiger partial charge in [0.25, 0.3) is 0 Å². The SMILES string of the molecule is CC(C)(C)OC(=O)N[C@H]1CCCC[C@@H]1Nc1ccc(Nc2cc(N3CC[C@@](C#N)(C4CC4)C3=O)ccn2)nc1. The number of rotatable bonds is 7. The molecule has 2 aromatic rings. The van der Waals surface area contributed by atoms with Crippen LogP contribution in [0.1, 0.15) is 65.7 Å². The fourth-order valence-electron chi connectivity index (χ4n) is 5.62. The molecule has 2 amide bonds. The first kappa shape index (κ1) is 26.7. The summed E-state index contributed by atoms with van der Waals surface area (Å²) in [6.07, 6.45) is 9.49. The van der Waals surface area contributed by atoms with E-state index in [-0.39, 0.29) is 23.9 Å². The first-order chi connectivity index (χ1) is 18.7. The second kappa shape index (κ2) is 10.7. The standard InChI is InChI=1S/C29H37N7O3/c1-28(2,3)39-27(38)34-23-7-5-4-6-22(23)33-20-10-11-24(32-17-20)35-25-16-21(12-14-31-25)36-15-13-29(18-30,26(36)37)19-8-9-19/h10-12,14,16-17,19,22-23,33H,4-9,13,15H2,1-3H3,(H,34,38)(H,31,32,35)/t22-,23-,29+/m0/s1. The minimum atomic E-state index is -0.874. The number of aromatic nitrogens is 2. The number of anilines is 4. The lowest BCUT2D eigenvalue weighted by Crippen LogP contribution is -2.49. The number of hydrogen-bond acceptors (Lipinski definition) is 8. The number of nitriles is 1. The average Bonchev–Trinajstić information content (AvgIpc) is 3.69. The third-order valence-corrected chi connectivity index (χ3v) is 7.73. The largest absolute Gasteiger partial charge is 0.444 e. The van der Waals surface area contributed by atoms with Gasteiger partial charge in [0.1, 0.15) is 22.7 Å². The van der Waals surface area contributed by atoms with Gasteiger partial charge in [-0.25, -0.2) is 14.8 Å². The lowest BCUT2D eigenvalue weighted by molar-refractivity contribution is -0.123. The summed E-state index contributed by atoms with van der Waals surface area (Å²) in [4.78, 5) is 36.1. The van der Waals surface area contributed by atoms with E-state index in [1.165, 1.54) is 0 Å². The first-order valence-electron chi connectivity index (χ1n) is 13.9. The quantitative estimate of drug-likeness (QED) is 0.448. The maximum Gasteiger partial charge on any atom is 0.407 e. The van der Waals surface area contributed by atoms with Gasteiger partial charge in [-0.15, -0.1) is 0 Å². The molecule has 0 unspecified atom stereocenters. The van der Waals surface area contributed by atoms with Crippen molar-refractivity contribution in [2.45, 2.75) is 83.4 Å². The van der Waals surface area contributed by atoms with Crippen LogP contribution in [0.15, 0.2) is 36.7 Å². The van der Waals surface area contributed by atoms with E-state index in [0.717, 1.165) is 49.9 Å². The molecular formula is C29H37N7O3. The van der Waals surface area contributed by atoms with Crippen LogP contribution in [0.4, 0.5) is 27.8 Å². The first-order valence-corrected chi connectivity index (χ1v) is 13.9. The van der Waals surface area contributed by atoms with Crippen molar-refractivity contribution in [3.8, 4) is 6.07 Å². The number of carbonyl (C=O) groups is 2. The van der Waals surface area contributed by atoms with E-state index >= 15 is 0 Å². The highest BCUT2D eigenvalue weighted by atomic mass is 16.6. The number of pyridine rings is 2. The van der Waals surface area contributed by atoms with Crippen molar-refractivity contribution < 1.29 is 14.3 Å². The van der Waals surface area contributed by atoms with Crippen molar-refractivity contribution in [1.29, 1.82) is 5.26 Å². The monoisotopic (exact) mass is 531 g/mol. The van der Waals surface area contributed by atoms with Crippen LogP contribution in [-0.4, -0.2) is 46.2 Å². The molecule has 3 N–H and O–H groups in total. The molecule has 2 aromatic heterocycles. The zero-order chi connectivity index (χ0) is 27.6. The number of alkyl carbamates (subject to hydrolysis) is 1. The van der Waals surface area contributed by atoms with Gasteiger partial charge < -0.3 is 25.6 Å². The van der Waals surface area contributed by atoms with Gasteiger partial charge in [0, 0.05) is 30.5 Å². The normalized spacial score (nSPS) is 25.1. The Hall–Kier alpha value is -3.87. The summed E-state index contributed by atoms with van der Waals surface area (Å²) in [7, 11) is 0. The number of ether oxygens (including phenoxy) is 1. The van der Waals surface area contributed by atoms with E-state index in [1.807, 2.05) is 39.0 Å². The average molecular weight is 532 g/mol. The number of carbonyl (C=O) groups excluding carboxylic acids is 2. The van der Waals surface area contributed by atoms with Crippen LogP contribution in [0, 0.1) is 22.7 Å². The lowest BCUT2D eigenvalue weighted by Gasteiger charge is -2.34. The number of hydrogen-bond donors (Lipinski definition) is 3. The summed E-state index contributed by atoms with van der Waals surface area (Å²) in [5.74, 6) is 1.28. The Morgan fingerprint density at radius 3 is 2.54 bits per heavy atom. The van der Waals surface area contributed by atoms with Gasteiger partial charge in [-0.3, -0.25) is 4.79 Å². The van der Waals surface area contributed by atoms with E-state index in [4.69, 9.17) is 4.74 Å². The van der Waals surface area contributed by atoms with Crippen molar-refractivity contribution in [1.82, 2.24) is 15.3 Å². The topological polar surface area (TPSA) is 132 Å². The number of nitrogens with zero attached hydrogens (tertiary/aromatic N) is 4. The molecule has 3 aliphatic rings. The summed E-state index contributed by atoms with van der Waals surface area (Å²) in [6.45, 7) is 6.11. The van der Waals surface area contributed by atoms with Crippen molar-refractivity contribution in [3.05, 3.63) is 36.7 Å². The molecule has 5 rings (SSSR count). The van der Waals surface area contributed by atoms with Crippen LogP contribution in [0.25, 0.3) is 0 Å². The highest BCUT2D eigenvalue weighted by Crippen LogP contribution is 2.52. The molecule has 2 saturated carbocycles. The van der Waals surface area contributed by atoms with E-state index in [9.17, 15) is 14.9 Å². The zero-order valence-electron chi connectivity index (χ0n) is 22.9. The number of amides is 2. The second-order valence-electron chi connectivity index (χ2n) is 11.8. The van der Waals surface area contributed by atoms with Crippen LogP contribution < -0.4 is 20.9 Å². The van der Waals surface area contributed by atoms with E-state index in [0.29, 0.717) is 24.6 Å². The third-order valence-electron chi connectivity index (χ3n) is 7.73. The summed E-state index contributed by atoms with van der Waals surface area (Å²) < 4.78 is 5.45. The molecule has 0 spiro atoms. The Bertz CT molecular complexity index is 1250. The molecule has 3 atom stereocenters. The molecule has 3 fully saturated rings. The Balaban J connectivity index is 1.20.